The second kappa shape index (κ2) is 5.28. The number of hydrogen-bond acceptors (Lipinski definition) is 6. The summed E-state index contributed by atoms with van der Waals surface area (Å²) in [4.78, 5) is 20.5. The molecule has 2 aromatic heterocycles. The fraction of sp³-hybridized carbons (Fsp3) is 0.538. The number of carbonyl (C=O) groups is 1. The van der Waals surface area contributed by atoms with Crippen molar-refractivity contribution >= 4 is 17.4 Å². The van der Waals surface area contributed by atoms with Crippen molar-refractivity contribution in [2.24, 2.45) is 0 Å². The number of nitrogens with one attached hydrogen (secondary N) is 1. The van der Waals surface area contributed by atoms with E-state index in [1.165, 1.54) is 0 Å². The smallest absolute Gasteiger partial charge is 0.246 e. The van der Waals surface area contributed by atoms with E-state index in [4.69, 9.17) is 0 Å². The summed E-state index contributed by atoms with van der Waals surface area (Å²) in [5, 5.41) is 11.6. The van der Waals surface area contributed by atoms with E-state index < -0.39 is 0 Å². The van der Waals surface area contributed by atoms with Crippen molar-refractivity contribution in [1.29, 1.82) is 0 Å². The van der Waals surface area contributed by atoms with E-state index >= 15 is 0 Å². The number of likely N-dealkylation sites (N-methyl/N-ethyl adjacent to an activating group) is 1. The Bertz CT molecular complexity index is 666. The Labute approximate surface area is 122 Å². The molecule has 0 aliphatic carbocycles. The van der Waals surface area contributed by atoms with Crippen molar-refractivity contribution < 1.29 is 4.79 Å². The van der Waals surface area contributed by atoms with Crippen LogP contribution in [-0.2, 0) is 4.79 Å². The van der Waals surface area contributed by atoms with Crippen molar-refractivity contribution in [3.05, 3.63) is 18.2 Å². The molecule has 3 rings (SSSR count). The number of carbonyl (C=O) groups excluding carboxylic acids is 1. The molecule has 2 aromatic rings. The zero-order valence-electron chi connectivity index (χ0n) is 12.4. The molecule has 21 heavy (non-hydrogen) atoms. The van der Waals surface area contributed by atoms with Gasteiger partial charge in [-0.2, -0.15) is 0 Å². The van der Waals surface area contributed by atoms with Crippen LogP contribution < -0.4 is 10.2 Å². The Kier molecular flexibility index (Phi) is 3.46. The monoisotopic (exact) mass is 289 g/mol. The average Bonchev–Trinajstić information content (AvgIpc) is 2.88. The number of fused-ring (bicyclic) bond motifs is 1. The maximum absolute atomic E-state index is 12.4. The molecule has 1 N–H and O–H groups in total. The molecule has 8 nitrogen and oxygen atoms in total. The van der Waals surface area contributed by atoms with Gasteiger partial charge in [-0.25, -0.2) is 4.98 Å². The standard InChI is InChI=1S/C13H19N7O/c1-9-16-17-12-11(15-5-7-19(9)12)20-6-4-14-8-10(20)13(21)18(2)3/h5,7,10,14H,4,6,8H2,1-3H3. The Morgan fingerprint density at radius 1 is 1.43 bits per heavy atom. The number of aromatic nitrogens is 4. The van der Waals surface area contributed by atoms with E-state index in [0.29, 0.717) is 24.6 Å². The fourth-order valence-electron chi connectivity index (χ4n) is 2.61. The van der Waals surface area contributed by atoms with Crippen LogP contribution in [0.2, 0.25) is 0 Å². The molecule has 1 fully saturated rings. The highest BCUT2D eigenvalue weighted by Crippen LogP contribution is 2.21. The van der Waals surface area contributed by atoms with Crippen LogP contribution in [0.5, 0.6) is 0 Å². The molecule has 0 bridgehead atoms. The van der Waals surface area contributed by atoms with Gasteiger partial charge in [0.1, 0.15) is 11.9 Å². The van der Waals surface area contributed by atoms with Crippen LogP contribution in [0.4, 0.5) is 5.82 Å². The van der Waals surface area contributed by atoms with E-state index in [2.05, 4.69) is 20.5 Å². The van der Waals surface area contributed by atoms with Gasteiger partial charge in [0.15, 0.2) is 5.82 Å². The first-order valence-electron chi connectivity index (χ1n) is 6.94. The predicted molar refractivity (Wildman–Crippen MR) is 78.2 cm³/mol. The number of piperazine rings is 1. The van der Waals surface area contributed by atoms with Crippen molar-refractivity contribution in [1.82, 2.24) is 29.8 Å². The largest absolute Gasteiger partial charge is 0.347 e. The Hall–Kier alpha value is -2.22. The molecule has 8 heteroatoms. The van der Waals surface area contributed by atoms with Crippen LogP contribution in [0, 0.1) is 6.92 Å². The highest BCUT2D eigenvalue weighted by Gasteiger charge is 2.32. The summed E-state index contributed by atoms with van der Waals surface area (Å²) in [6.45, 7) is 4.02. The molecule has 1 aliphatic heterocycles. The lowest BCUT2D eigenvalue weighted by atomic mass is 10.1. The molecule has 1 atom stereocenters. The summed E-state index contributed by atoms with van der Waals surface area (Å²) >= 11 is 0. The number of rotatable bonds is 2. The minimum atomic E-state index is -0.274. The lowest BCUT2D eigenvalue weighted by molar-refractivity contribution is -0.130. The van der Waals surface area contributed by atoms with Gasteiger partial charge >= 0.3 is 0 Å². The molecule has 1 saturated heterocycles. The van der Waals surface area contributed by atoms with Gasteiger partial charge in [0.05, 0.1) is 0 Å². The van der Waals surface area contributed by atoms with Gasteiger partial charge in [-0.3, -0.25) is 9.20 Å². The molecule has 0 spiro atoms. The fourth-order valence-corrected chi connectivity index (χ4v) is 2.61. The third-order valence-electron chi connectivity index (χ3n) is 3.72. The maximum Gasteiger partial charge on any atom is 0.246 e. The van der Waals surface area contributed by atoms with Gasteiger partial charge in [0.25, 0.3) is 0 Å². The highest BCUT2D eigenvalue weighted by molar-refractivity contribution is 5.86. The van der Waals surface area contributed by atoms with Gasteiger partial charge in [0.2, 0.25) is 11.6 Å². The van der Waals surface area contributed by atoms with Crippen LogP contribution in [0.15, 0.2) is 12.4 Å². The van der Waals surface area contributed by atoms with Crippen LogP contribution >= 0.6 is 0 Å². The van der Waals surface area contributed by atoms with E-state index in [-0.39, 0.29) is 11.9 Å². The Balaban J connectivity index is 2.04. The first-order chi connectivity index (χ1) is 10.1. The minimum Gasteiger partial charge on any atom is -0.347 e. The van der Waals surface area contributed by atoms with Gasteiger partial charge in [0, 0.05) is 46.1 Å². The van der Waals surface area contributed by atoms with Crippen molar-refractivity contribution in [2.75, 3.05) is 38.6 Å². The SMILES string of the molecule is Cc1nnc2c(N3CCNCC3C(=O)N(C)C)nccn12. The van der Waals surface area contributed by atoms with Crippen LogP contribution in [-0.4, -0.2) is 70.2 Å². The molecule has 0 saturated carbocycles. The Morgan fingerprint density at radius 2 is 2.24 bits per heavy atom. The van der Waals surface area contributed by atoms with Gasteiger partial charge in [-0.15, -0.1) is 10.2 Å². The van der Waals surface area contributed by atoms with Gasteiger partial charge in [-0.05, 0) is 6.92 Å². The summed E-state index contributed by atoms with van der Waals surface area (Å²) in [6.07, 6.45) is 3.55. The maximum atomic E-state index is 12.4. The summed E-state index contributed by atoms with van der Waals surface area (Å²) in [7, 11) is 3.54. The second-order valence-electron chi connectivity index (χ2n) is 5.34. The molecule has 1 aliphatic rings. The van der Waals surface area contributed by atoms with Crippen LogP contribution in [0.25, 0.3) is 5.65 Å². The summed E-state index contributed by atoms with van der Waals surface area (Å²) in [6, 6.07) is -0.274. The summed E-state index contributed by atoms with van der Waals surface area (Å²) in [5.74, 6) is 1.57. The van der Waals surface area contributed by atoms with Gasteiger partial charge < -0.3 is 15.1 Å². The Morgan fingerprint density at radius 3 is 3.00 bits per heavy atom. The normalized spacial score (nSPS) is 19.0. The molecule has 0 radical (unpaired) electrons. The number of aryl methyl sites for hydroxylation is 1. The zero-order valence-corrected chi connectivity index (χ0v) is 12.4. The number of hydrogen-bond donors (Lipinski definition) is 1. The van der Waals surface area contributed by atoms with Crippen molar-refractivity contribution in [2.45, 2.75) is 13.0 Å². The third-order valence-corrected chi connectivity index (χ3v) is 3.72. The van der Waals surface area contributed by atoms with E-state index in [1.807, 2.05) is 22.4 Å². The summed E-state index contributed by atoms with van der Waals surface area (Å²) < 4.78 is 1.89. The molecular formula is C13H19N7O. The quantitative estimate of drug-likeness (QED) is 0.787. The van der Waals surface area contributed by atoms with Crippen molar-refractivity contribution in [3.63, 3.8) is 0 Å². The lowest BCUT2D eigenvalue weighted by Gasteiger charge is -2.37. The number of anilines is 1. The van der Waals surface area contributed by atoms with Crippen LogP contribution in [0.1, 0.15) is 5.82 Å². The van der Waals surface area contributed by atoms with Crippen LogP contribution in [0.3, 0.4) is 0 Å². The zero-order chi connectivity index (χ0) is 15.0. The predicted octanol–water partition coefficient (Wildman–Crippen LogP) is -0.701. The first-order valence-corrected chi connectivity index (χ1v) is 6.94. The molecule has 1 unspecified atom stereocenters. The second-order valence-corrected chi connectivity index (χ2v) is 5.34. The molecule has 112 valence electrons. The lowest BCUT2D eigenvalue weighted by Crippen LogP contribution is -2.58. The molecule has 3 heterocycles. The summed E-state index contributed by atoms with van der Waals surface area (Å²) in [5.41, 5.74) is 0.688. The number of amides is 1. The van der Waals surface area contributed by atoms with E-state index in [1.54, 1.807) is 25.2 Å². The third kappa shape index (κ3) is 2.31. The van der Waals surface area contributed by atoms with E-state index in [0.717, 1.165) is 12.4 Å². The topological polar surface area (TPSA) is 78.7 Å². The number of nitrogens with zero attached hydrogens (tertiary/aromatic N) is 6. The highest BCUT2D eigenvalue weighted by atomic mass is 16.2. The molecule has 1 amide bonds. The first kappa shape index (κ1) is 13.7. The van der Waals surface area contributed by atoms with Gasteiger partial charge in [-0.1, -0.05) is 0 Å². The molecule has 0 aromatic carbocycles. The van der Waals surface area contributed by atoms with Crippen molar-refractivity contribution in [3.8, 4) is 0 Å². The average molecular weight is 289 g/mol. The minimum absolute atomic E-state index is 0.0576. The van der Waals surface area contributed by atoms with E-state index in [9.17, 15) is 4.79 Å². The molecular weight excluding hydrogens is 270 g/mol.